The molecule has 1 heterocycles. The van der Waals surface area contributed by atoms with Crippen molar-refractivity contribution < 1.29 is 14.3 Å². The van der Waals surface area contributed by atoms with Gasteiger partial charge in [-0.15, -0.1) is 11.3 Å². The lowest BCUT2D eigenvalue weighted by atomic mass is 10.3. The predicted molar refractivity (Wildman–Crippen MR) is 60.2 cm³/mol. The molecule has 0 saturated carbocycles. The van der Waals surface area contributed by atoms with E-state index in [1.54, 1.807) is 18.3 Å². The summed E-state index contributed by atoms with van der Waals surface area (Å²) in [5.74, 6) is -1.54. The van der Waals surface area contributed by atoms with Crippen molar-refractivity contribution in [2.75, 3.05) is 13.2 Å². The SMILES string of the molecule is CCOC(=O)C(=O)NCCc1csc(C)n1. The first-order chi connectivity index (χ1) is 7.63. The molecule has 88 valence electrons. The lowest BCUT2D eigenvalue weighted by Crippen LogP contribution is -2.33. The van der Waals surface area contributed by atoms with E-state index in [0.29, 0.717) is 13.0 Å². The number of nitrogens with zero attached hydrogens (tertiary/aromatic N) is 1. The first-order valence-electron chi connectivity index (χ1n) is 4.99. The van der Waals surface area contributed by atoms with E-state index in [-0.39, 0.29) is 6.61 Å². The van der Waals surface area contributed by atoms with Crippen LogP contribution < -0.4 is 5.32 Å². The lowest BCUT2D eigenvalue weighted by Gasteiger charge is -2.02. The van der Waals surface area contributed by atoms with E-state index in [4.69, 9.17) is 0 Å². The number of esters is 1. The minimum atomic E-state index is -0.836. The monoisotopic (exact) mass is 242 g/mol. The molecule has 0 spiro atoms. The van der Waals surface area contributed by atoms with E-state index in [1.165, 1.54) is 0 Å². The highest BCUT2D eigenvalue weighted by Crippen LogP contribution is 2.07. The summed E-state index contributed by atoms with van der Waals surface area (Å²) in [6.07, 6.45) is 0.621. The van der Waals surface area contributed by atoms with Crippen molar-refractivity contribution in [1.82, 2.24) is 10.3 Å². The Bertz CT molecular complexity index is 376. The average molecular weight is 242 g/mol. The fraction of sp³-hybridized carbons (Fsp3) is 0.500. The Hall–Kier alpha value is -1.43. The molecule has 0 aromatic carbocycles. The van der Waals surface area contributed by atoms with Gasteiger partial charge in [-0.25, -0.2) is 9.78 Å². The molecule has 0 aliphatic carbocycles. The number of aryl methyl sites for hydroxylation is 1. The summed E-state index contributed by atoms with van der Waals surface area (Å²) >= 11 is 1.56. The summed E-state index contributed by atoms with van der Waals surface area (Å²) in [6.45, 7) is 4.17. The Morgan fingerprint density at radius 2 is 2.31 bits per heavy atom. The maximum Gasteiger partial charge on any atom is 0.396 e. The molecular formula is C10H14N2O3S. The van der Waals surface area contributed by atoms with Crippen molar-refractivity contribution in [3.05, 3.63) is 16.1 Å². The van der Waals surface area contributed by atoms with Crippen LogP contribution in [0.15, 0.2) is 5.38 Å². The van der Waals surface area contributed by atoms with Gasteiger partial charge in [0.1, 0.15) is 0 Å². The van der Waals surface area contributed by atoms with Gasteiger partial charge in [-0.3, -0.25) is 4.79 Å². The highest BCUT2D eigenvalue weighted by molar-refractivity contribution is 7.09. The molecule has 6 heteroatoms. The summed E-state index contributed by atoms with van der Waals surface area (Å²) in [7, 11) is 0. The summed E-state index contributed by atoms with van der Waals surface area (Å²) in [5.41, 5.74) is 0.923. The zero-order valence-electron chi connectivity index (χ0n) is 9.28. The average Bonchev–Trinajstić information content (AvgIpc) is 2.64. The standard InChI is InChI=1S/C10H14N2O3S/c1-3-15-10(14)9(13)11-5-4-8-6-16-7(2)12-8/h6H,3-5H2,1-2H3,(H,11,13). The van der Waals surface area contributed by atoms with Gasteiger partial charge >= 0.3 is 11.9 Å². The molecule has 1 aromatic rings. The predicted octanol–water partition coefficient (Wildman–Crippen LogP) is 0.673. The topological polar surface area (TPSA) is 68.3 Å². The molecular weight excluding hydrogens is 228 g/mol. The Labute approximate surface area is 97.8 Å². The summed E-state index contributed by atoms with van der Waals surface area (Å²) in [5, 5.41) is 5.40. The van der Waals surface area contributed by atoms with Crippen LogP contribution in [0.4, 0.5) is 0 Å². The number of thiazole rings is 1. The molecule has 0 saturated heterocycles. The zero-order chi connectivity index (χ0) is 12.0. The van der Waals surface area contributed by atoms with Crippen LogP contribution in [-0.4, -0.2) is 30.0 Å². The van der Waals surface area contributed by atoms with Gasteiger partial charge in [0.25, 0.3) is 0 Å². The van der Waals surface area contributed by atoms with E-state index in [9.17, 15) is 9.59 Å². The third kappa shape index (κ3) is 3.98. The molecule has 1 aromatic heterocycles. The molecule has 16 heavy (non-hydrogen) atoms. The van der Waals surface area contributed by atoms with Gasteiger partial charge in [0.2, 0.25) is 0 Å². The number of carbonyl (C=O) groups excluding carboxylic acids is 2. The van der Waals surface area contributed by atoms with Gasteiger partial charge in [0.05, 0.1) is 17.3 Å². The van der Waals surface area contributed by atoms with Gasteiger partial charge in [-0.1, -0.05) is 0 Å². The van der Waals surface area contributed by atoms with Crippen LogP contribution in [0.1, 0.15) is 17.6 Å². The number of ether oxygens (including phenoxy) is 1. The molecule has 1 N–H and O–H groups in total. The van der Waals surface area contributed by atoms with Gasteiger partial charge in [-0.05, 0) is 13.8 Å². The van der Waals surface area contributed by atoms with E-state index in [0.717, 1.165) is 10.7 Å². The fourth-order valence-corrected chi connectivity index (χ4v) is 1.74. The van der Waals surface area contributed by atoms with E-state index in [1.807, 2.05) is 12.3 Å². The Morgan fingerprint density at radius 1 is 1.56 bits per heavy atom. The van der Waals surface area contributed by atoms with Crippen molar-refractivity contribution in [2.24, 2.45) is 0 Å². The molecule has 0 aliphatic heterocycles. The van der Waals surface area contributed by atoms with Gasteiger partial charge in [0.15, 0.2) is 0 Å². The van der Waals surface area contributed by atoms with Crippen molar-refractivity contribution in [3.8, 4) is 0 Å². The molecule has 1 rings (SSSR count). The summed E-state index contributed by atoms with van der Waals surface area (Å²) < 4.78 is 4.55. The molecule has 0 atom stereocenters. The highest BCUT2D eigenvalue weighted by atomic mass is 32.1. The third-order valence-corrected chi connectivity index (χ3v) is 2.62. The number of carbonyl (C=O) groups is 2. The maximum atomic E-state index is 11.1. The number of hydrogen-bond acceptors (Lipinski definition) is 5. The third-order valence-electron chi connectivity index (χ3n) is 1.79. The summed E-state index contributed by atoms with van der Waals surface area (Å²) in [4.78, 5) is 26.3. The van der Waals surface area contributed by atoms with Crippen LogP contribution in [0.2, 0.25) is 0 Å². The Balaban J connectivity index is 2.25. The van der Waals surface area contributed by atoms with Gasteiger partial charge in [0, 0.05) is 18.3 Å². The van der Waals surface area contributed by atoms with Crippen molar-refractivity contribution in [2.45, 2.75) is 20.3 Å². The van der Waals surface area contributed by atoms with E-state index < -0.39 is 11.9 Å². The second kappa shape index (κ2) is 6.22. The first-order valence-corrected chi connectivity index (χ1v) is 5.87. The number of aromatic nitrogens is 1. The second-order valence-corrected chi connectivity index (χ2v) is 4.15. The Morgan fingerprint density at radius 3 is 2.88 bits per heavy atom. The molecule has 0 fully saturated rings. The van der Waals surface area contributed by atoms with Gasteiger partial charge < -0.3 is 10.1 Å². The fourth-order valence-electron chi connectivity index (χ4n) is 1.10. The van der Waals surface area contributed by atoms with Crippen LogP contribution in [0.3, 0.4) is 0 Å². The minimum absolute atomic E-state index is 0.206. The van der Waals surface area contributed by atoms with Crippen molar-refractivity contribution >= 4 is 23.2 Å². The minimum Gasteiger partial charge on any atom is -0.459 e. The maximum absolute atomic E-state index is 11.1. The Kier molecular flexibility index (Phi) is 4.91. The number of rotatable bonds is 4. The zero-order valence-corrected chi connectivity index (χ0v) is 10.1. The molecule has 5 nitrogen and oxygen atoms in total. The van der Waals surface area contributed by atoms with Crippen molar-refractivity contribution in [3.63, 3.8) is 0 Å². The van der Waals surface area contributed by atoms with Crippen LogP contribution in [-0.2, 0) is 20.7 Å². The van der Waals surface area contributed by atoms with Crippen molar-refractivity contribution in [1.29, 1.82) is 0 Å². The number of hydrogen-bond donors (Lipinski definition) is 1. The van der Waals surface area contributed by atoms with Crippen LogP contribution >= 0.6 is 11.3 Å². The molecule has 0 bridgehead atoms. The normalized spacial score (nSPS) is 9.88. The first kappa shape index (κ1) is 12.6. The summed E-state index contributed by atoms with van der Waals surface area (Å²) in [6, 6.07) is 0. The van der Waals surface area contributed by atoms with E-state index >= 15 is 0 Å². The van der Waals surface area contributed by atoms with Crippen LogP contribution in [0.25, 0.3) is 0 Å². The quantitative estimate of drug-likeness (QED) is 0.622. The van der Waals surface area contributed by atoms with Gasteiger partial charge in [-0.2, -0.15) is 0 Å². The molecule has 0 unspecified atom stereocenters. The molecule has 0 radical (unpaired) electrons. The largest absolute Gasteiger partial charge is 0.459 e. The van der Waals surface area contributed by atoms with Crippen LogP contribution in [0.5, 0.6) is 0 Å². The lowest BCUT2D eigenvalue weighted by molar-refractivity contribution is -0.154. The second-order valence-electron chi connectivity index (χ2n) is 3.08. The number of amides is 1. The molecule has 1 amide bonds. The smallest absolute Gasteiger partial charge is 0.396 e. The molecule has 0 aliphatic rings. The van der Waals surface area contributed by atoms with Crippen LogP contribution in [0, 0.1) is 6.92 Å². The van der Waals surface area contributed by atoms with E-state index in [2.05, 4.69) is 15.0 Å². The number of nitrogens with one attached hydrogen (secondary N) is 1. The highest BCUT2D eigenvalue weighted by Gasteiger charge is 2.13.